The summed E-state index contributed by atoms with van der Waals surface area (Å²) >= 11 is 0. The third kappa shape index (κ3) is 4.26. The molecule has 0 aromatic heterocycles. The van der Waals surface area contributed by atoms with E-state index in [1.807, 2.05) is 0 Å². The highest BCUT2D eigenvalue weighted by atomic mass is 16.7. The van der Waals surface area contributed by atoms with Crippen molar-refractivity contribution in [1.29, 1.82) is 0 Å². The number of rotatable bonds is 8. The van der Waals surface area contributed by atoms with E-state index in [4.69, 9.17) is 28.4 Å². The van der Waals surface area contributed by atoms with Gasteiger partial charge in [-0.1, -0.05) is 6.07 Å². The summed E-state index contributed by atoms with van der Waals surface area (Å²) in [5, 5.41) is 10.3. The summed E-state index contributed by atoms with van der Waals surface area (Å²) in [6, 6.07) is 14.7. The van der Waals surface area contributed by atoms with Gasteiger partial charge in [-0.2, -0.15) is 0 Å². The normalized spacial score (nSPS) is 13.7. The highest BCUT2D eigenvalue weighted by molar-refractivity contribution is 6.26. The summed E-state index contributed by atoms with van der Waals surface area (Å²) < 4.78 is 32.4. The van der Waals surface area contributed by atoms with Crippen LogP contribution in [-0.4, -0.2) is 44.7 Å². The van der Waals surface area contributed by atoms with E-state index in [1.54, 1.807) is 54.6 Å². The van der Waals surface area contributed by atoms with Gasteiger partial charge < -0.3 is 33.5 Å². The second-order valence-corrected chi connectivity index (χ2v) is 7.99. The molecule has 0 unspecified atom stereocenters. The number of ether oxygens (including phenoxy) is 6. The summed E-state index contributed by atoms with van der Waals surface area (Å²) in [5.41, 5.74) is 1.18. The van der Waals surface area contributed by atoms with Gasteiger partial charge >= 0.3 is 5.97 Å². The molecule has 9 nitrogen and oxygen atoms in total. The molecule has 3 aromatic carbocycles. The number of Topliss-reactive ketones (excluding diaryl/α,β-unsaturated/α-hetero) is 1. The lowest BCUT2D eigenvalue weighted by atomic mass is 9.89. The predicted octanol–water partition coefficient (Wildman–Crippen LogP) is 4.13. The van der Waals surface area contributed by atoms with Crippen LogP contribution in [0, 0.1) is 0 Å². The van der Waals surface area contributed by atoms with Crippen molar-refractivity contribution >= 4 is 17.3 Å². The van der Waals surface area contributed by atoms with E-state index in [0.29, 0.717) is 51.2 Å². The van der Waals surface area contributed by atoms with Crippen molar-refractivity contribution in [2.24, 2.45) is 0 Å². The van der Waals surface area contributed by atoms with Crippen LogP contribution in [0.25, 0.3) is 5.57 Å². The Morgan fingerprint density at radius 2 is 1.50 bits per heavy atom. The Balaban J connectivity index is 1.66. The Kier molecular flexibility index (Phi) is 6.12. The van der Waals surface area contributed by atoms with Crippen molar-refractivity contribution in [3.63, 3.8) is 0 Å². The zero-order valence-corrected chi connectivity index (χ0v) is 19.5. The maximum Gasteiger partial charge on any atom is 0.336 e. The molecule has 2 aliphatic rings. The first-order chi connectivity index (χ1) is 17.5. The molecule has 5 rings (SSSR count). The number of benzene rings is 3. The number of carboxylic acid groups (broad SMARTS) is 1. The Morgan fingerprint density at radius 3 is 2.22 bits per heavy atom. The number of hydrogen-bond acceptors (Lipinski definition) is 8. The van der Waals surface area contributed by atoms with Crippen LogP contribution in [0.3, 0.4) is 0 Å². The largest absolute Gasteiger partial charge is 0.497 e. The minimum absolute atomic E-state index is 0.00601. The lowest BCUT2D eigenvalue weighted by Gasteiger charge is -2.15. The van der Waals surface area contributed by atoms with Gasteiger partial charge in [0.05, 0.1) is 19.8 Å². The molecule has 0 saturated carbocycles. The molecule has 1 N–H and O–H groups in total. The maximum atomic E-state index is 13.8. The summed E-state index contributed by atoms with van der Waals surface area (Å²) in [5.74, 6) is 1.15. The van der Waals surface area contributed by atoms with Crippen LogP contribution < -0.4 is 28.4 Å². The molecule has 2 heterocycles. The summed E-state index contributed by atoms with van der Waals surface area (Å²) in [6.07, 6.45) is -0.00601. The fourth-order valence-corrected chi connectivity index (χ4v) is 4.17. The fourth-order valence-electron chi connectivity index (χ4n) is 4.17. The molecule has 0 saturated heterocycles. The van der Waals surface area contributed by atoms with Gasteiger partial charge in [0, 0.05) is 17.6 Å². The average molecular weight is 490 g/mol. The molecule has 0 spiro atoms. The molecule has 9 heteroatoms. The van der Waals surface area contributed by atoms with Crippen molar-refractivity contribution in [3.05, 3.63) is 76.9 Å². The van der Waals surface area contributed by atoms with Gasteiger partial charge in [-0.25, -0.2) is 4.79 Å². The zero-order chi connectivity index (χ0) is 25.2. The molecule has 3 aromatic rings. The van der Waals surface area contributed by atoms with Crippen molar-refractivity contribution in [3.8, 4) is 34.5 Å². The third-order valence-corrected chi connectivity index (χ3v) is 5.90. The monoisotopic (exact) mass is 490 g/mol. The van der Waals surface area contributed by atoms with E-state index in [0.717, 1.165) is 0 Å². The van der Waals surface area contributed by atoms with Crippen LogP contribution in [0.4, 0.5) is 0 Å². The smallest absolute Gasteiger partial charge is 0.336 e. The van der Waals surface area contributed by atoms with Crippen LogP contribution in [0.15, 0.2) is 60.2 Å². The maximum absolute atomic E-state index is 13.8. The van der Waals surface area contributed by atoms with Crippen molar-refractivity contribution in [1.82, 2.24) is 0 Å². The molecule has 36 heavy (non-hydrogen) atoms. The number of carbonyl (C=O) groups is 2. The van der Waals surface area contributed by atoms with Crippen molar-refractivity contribution in [2.45, 2.75) is 6.42 Å². The second-order valence-electron chi connectivity index (χ2n) is 7.99. The first-order valence-electron chi connectivity index (χ1n) is 11.0. The molecule has 0 bridgehead atoms. The molecule has 184 valence electrons. The number of carbonyl (C=O) groups excluding carboxylic acids is 1. The molecule has 0 fully saturated rings. The van der Waals surface area contributed by atoms with Gasteiger partial charge in [0.1, 0.15) is 5.75 Å². The number of ketones is 1. The van der Waals surface area contributed by atoms with Crippen molar-refractivity contribution < 1.29 is 43.1 Å². The lowest BCUT2D eigenvalue weighted by Crippen LogP contribution is -2.14. The summed E-state index contributed by atoms with van der Waals surface area (Å²) in [4.78, 5) is 26.4. The van der Waals surface area contributed by atoms with Crippen LogP contribution in [-0.2, 0) is 11.2 Å². The van der Waals surface area contributed by atoms with Crippen LogP contribution in [0.2, 0.25) is 0 Å². The van der Waals surface area contributed by atoms with E-state index in [9.17, 15) is 14.7 Å². The number of aliphatic carboxylic acids is 1. The minimum atomic E-state index is -1.25. The SMILES string of the molecule is COc1ccc(C(=O)/C(Cc2cc(OC)c3c(c2)OCO3)=C(/C(=O)O)c2ccc3c(c2)OCO3)cc1. The standard InChI is InChI=1S/C27H22O9/c1-31-18-6-3-16(4-7-18)25(28)19(9-15-10-22(32-2)26-23(11-15)35-14-36-26)24(27(29)30)17-5-8-20-21(12-17)34-13-33-20/h3-8,10-12H,9,13-14H2,1-2H3,(H,29,30)/b24-19+. The quantitative estimate of drug-likeness (QED) is 0.368. The van der Waals surface area contributed by atoms with Crippen LogP contribution >= 0.6 is 0 Å². The Bertz CT molecular complexity index is 1370. The first-order valence-corrected chi connectivity index (χ1v) is 11.0. The fraction of sp³-hybridized carbons (Fsp3) is 0.185. The molecular weight excluding hydrogens is 468 g/mol. The number of methoxy groups -OCH3 is 2. The molecule has 0 atom stereocenters. The van der Waals surface area contributed by atoms with Crippen molar-refractivity contribution in [2.75, 3.05) is 27.8 Å². The third-order valence-electron chi connectivity index (χ3n) is 5.90. The molecule has 0 aliphatic carbocycles. The minimum Gasteiger partial charge on any atom is -0.497 e. The summed E-state index contributed by atoms with van der Waals surface area (Å²) in [7, 11) is 3.02. The zero-order valence-electron chi connectivity index (χ0n) is 19.5. The van der Waals surface area contributed by atoms with E-state index in [-0.39, 0.29) is 31.2 Å². The van der Waals surface area contributed by atoms with Crippen LogP contribution in [0.5, 0.6) is 34.5 Å². The number of fused-ring (bicyclic) bond motifs is 2. The van der Waals surface area contributed by atoms with Gasteiger partial charge in [-0.15, -0.1) is 0 Å². The molecule has 2 aliphatic heterocycles. The van der Waals surface area contributed by atoms with Gasteiger partial charge in [0.15, 0.2) is 28.8 Å². The highest BCUT2D eigenvalue weighted by Crippen LogP contribution is 2.43. The molecule has 0 amide bonds. The van der Waals surface area contributed by atoms with Crippen LogP contribution in [0.1, 0.15) is 21.5 Å². The van der Waals surface area contributed by atoms with E-state index in [1.165, 1.54) is 14.2 Å². The average Bonchev–Trinajstić information content (AvgIpc) is 3.56. The van der Waals surface area contributed by atoms with E-state index in [2.05, 4.69) is 0 Å². The number of hydrogen-bond donors (Lipinski definition) is 1. The van der Waals surface area contributed by atoms with Gasteiger partial charge in [-0.05, 0) is 59.7 Å². The molecular formula is C27H22O9. The highest BCUT2D eigenvalue weighted by Gasteiger charge is 2.27. The van der Waals surface area contributed by atoms with Gasteiger partial charge in [0.25, 0.3) is 0 Å². The Labute approximate surface area is 206 Å². The van der Waals surface area contributed by atoms with Gasteiger partial charge in [0.2, 0.25) is 19.3 Å². The summed E-state index contributed by atoms with van der Waals surface area (Å²) in [6.45, 7) is 0.0831. The lowest BCUT2D eigenvalue weighted by molar-refractivity contribution is -0.130. The Morgan fingerprint density at radius 1 is 0.806 bits per heavy atom. The Hall–Kier alpha value is -4.66. The molecule has 0 radical (unpaired) electrons. The number of carboxylic acids is 1. The van der Waals surface area contributed by atoms with Gasteiger partial charge in [-0.3, -0.25) is 4.79 Å². The number of allylic oxidation sites excluding steroid dienone is 1. The predicted molar refractivity (Wildman–Crippen MR) is 127 cm³/mol. The van der Waals surface area contributed by atoms with E-state index < -0.39 is 11.8 Å². The topological polar surface area (TPSA) is 110 Å². The first kappa shape index (κ1) is 23.1. The van der Waals surface area contributed by atoms with E-state index >= 15 is 0 Å². The second kappa shape index (κ2) is 9.53.